The molecule has 2 nitrogen and oxygen atoms in total. The van der Waals surface area contributed by atoms with Crippen LogP contribution in [0.25, 0.3) is 0 Å². The molecule has 0 spiro atoms. The number of benzene rings is 1. The van der Waals surface area contributed by atoms with Crippen LogP contribution in [-0.4, -0.2) is 24.0 Å². The summed E-state index contributed by atoms with van der Waals surface area (Å²) in [6, 6.07) is 7.20. The van der Waals surface area contributed by atoms with Crippen molar-refractivity contribution in [1.29, 1.82) is 0 Å². The quantitative estimate of drug-likeness (QED) is 0.885. The highest BCUT2D eigenvalue weighted by Gasteiger charge is 2.19. The van der Waals surface area contributed by atoms with Crippen molar-refractivity contribution < 1.29 is 4.39 Å². The van der Waals surface area contributed by atoms with Gasteiger partial charge in [-0.05, 0) is 69.3 Å². The predicted octanol–water partition coefficient (Wildman–Crippen LogP) is 3.17. The van der Waals surface area contributed by atoms with Crippen molar-refractivity contribution >= 4 is 0 Å². The Balaban J connectivity index is 1.72. The Morgan fingerprint density at radius 1 is 1.26 bits per heavy atom. The van der Waals surface area contributed by atoms with Crippen molar-refractivity contribution in [2.75, 3.05) is 13.1 Å². The Kier molecular flexibility index (Phi) is 5.34. The van der Waals surface area contributed by atoms with Gasteiger partial charge >= 0.3 is 0 Å². The summed E-state index contributed by atoms with van der Waals surface area (Å²) in [5.41, 5.74) is 7.01. The first-order valence-corrected chi connectivity index (χ1v) is 7.36. The topological polar surface area (TPSA) is 29.3 Å². The molecule has 1 aromatic rings. The SMILES string of the molecule is CC(N)CCC1CCN(Cc2ccc(F)cc2)CC1. The molecule has 0 amide bonds. The Morgan fingerprint density at radius 2 is 1.89 bits per heavy atom. The van der Waals surface area contributed by atoms with E-state index in [0.717, 1.165) is 32.0 Å². The van der Waals surface area contributed by atoms with E-state index in [1.54, 1.807) is 12.1 Å². The second kappa shape index (κ2) is 7.01. The highest BCUT2D eigenvalue weighted by molar-refractivity contribution is 5.15. The lowest BCUT2D eigenvalue weighted by atomic mass is 9.91. The van der Waals surface area contributed by atoms with Crippen LogP contribution in [-0.2, 0) is 6.54 Å². The highest BCUT2D eigenvalue weighted by Crippen LogP contribution is 2.23. The number of piperidine rings is 1. The lowest BCUT2D eigenvalue weighted by Gasteiger charge is -2.32. The van der Waals surface area contributed by atoms with Crippen LogP contribution in [0.15, 0.2) is 24.3 Å². The third kappa shape index (κ3) is 4.92. The van der Waals surface area contributed by atoms with Gasteiger partial charge < -0.3 is 5.73 Å². The van der Waals surface area contributed by atoms with E-state index >= 15 is 0 Å². The summed E-state index contributed by atoms with van der Waals surface area (Å²) in [6.07, 6.45) is 4.95. The van der Waals surface area contributed by atoms with Crippen LogP contribution in [0, 0.1) is 11.7 Å². The molecule has 0 saturated carbocycles. The monoisotopic (exact) mass is 264 g/mol. The van der Waals surface area contributed by atoms with Gasteiger partial charge in [-0.1, -0.05) is 12.1 Å². The Bertz CT molecular complexity index is 367. The summed E-state index contributed by atoms with van der Waals surface area (Å²) in [5, 5.41) is 0. The summed E-state index contributed by atoms with van der Waals surface area (Å²) in [4.78, 5) is 2.47. The van der Waals surface area contributed by atoms with E-state index in [9.17, 15) is 4.39 Å². The molecule has 3 heteroatoms. The van der Waals surface area contributed by atoms with Crippen molar-refractivity contribution in [3.8, 4) is 0 Å². The molecule has 19 heavy (non-hydrogen) atoms. The Hall–Kier alpha value is -0.930. The molecule has 2 rings (SSSR count). The van der Waals surface area contributed by atoms with Gasteiger partial charge in [0.15, 0.2) is 0 Å². The van der Waals surface area contributed by atoms with Gasteiger partial charge in [0, 0.05) is 12.6 Å². The molecule has 1 saturated heterocycles. The van der Waals surface area contributed by atoms with E-state index in [0.29, 0.717) is 6.04 Å². The predicted molar refractivity (Wildman–Crippen MR) is 77.3 cm³/mol. The first-order chi connectivity index (χ1) is 9.13. The molecule has 1 heterocycles. The van der Waals surface area contributed by atoms with E-state index in [2.05, 4.69) is 11.8 Å². The zero-order valence-electron chi connectivity index (χ0n) is 11.8. The number of rotatable bonds is 5. The lowest BCUT2D eigenvalue weighted by molar-refractivity contribution is 0.170. The Morgan fingerprint density at radius 3 is 2.47 bits per heavy atom. The average Bonchev–Trinajstić information content (AvgIpc) is 2.40. The van der Waals surface area contributed by atoms with Gasteiger partial charge in [0.2, 0.25) is 0 Å². The third-order valence-corrected chi connectivity index (χ3v) is 4.06. The first kappa shape index (κ1) is 14.5. The van der Waals surface area contributed by atoms with E-state index in [1.807, 2.05) is 12.1 Å². The fourth-order valence-electron chi connectivity index (χ4n) is 2.78. The third-order valence-electron chi connectivity index (χ3n) is 4.06. The van der Waals surface area contributed by atoms with E-state index in [1.165, 1.54) is 24.8 Å². The van der Waals surface area contributed by atoms with Crippen LogP contribution >= 0.6 is 0 Å². The van der Waals surface area contributed by atoms with Crippen LogP contribution in [0.2, 0.25) is 0 Å². The largest absolute Gasteiger partial charge is 0.328 e. The molecular formula is C16H25FN2. The number of hydrogen-bond acceptors (Lipinski definition) is 2. The molecule has 0 bridgehead atoms. The van der Waals surface area contributed by atoms with E-state index in [-0.39, 0.29) is 5.82 Å². The number of hydrogen-bond donors (Lipinski definition) is 1. The summed E-state index contributed by atoms with van der Waals surface area (Å²) in [6.45, 7) is 5.34. The standard InChI is InChI=1S/C16H25FN2/c1-13(18)2-3-14-8-10-19(11-9-14)12-15-4-6-16(17)7-5-15/h4-7,13-14H,2-3,8-12,18H2,1H3. The summed E-state index contributed by atoms with van der Waals surface area (Å²) >= 11 is 0. The van der Waals surface area contributed by atoms with Gasteiger partial charge in [0.25, 0.3) is 0 Å². The number of nitrogens with two attached hydrogens (primary N) is 1. The van der Waals surface area contributed by atoms with Crippen LogP contribution < -0.4 is 5.73 Å². The minimum absolute atomic E-state index is 0.154. The van der Waals surface area contributed by atoms with E-state index < -0.39 is 0 Å². The van der Waals surface area contributed by atoms with Gasteiger partial charge in [-0.25, -0.2) is 4.39 Å². The van der Waals surface area contributed by atoms with Gasteiger partial charge in [-0.15, -0.1) is 0 Å². The zero-order chi connectivity index (χ0) is 13.7. The molecule has 1 atom stereocenters. The van der Waals surface area contributed by atoms with Crippen molar-refractivity contribution in [1.82, 2.24) is 4.90 Å². The fourth-order valence-corrected chi connectivity index (χ4v) is 2.78. The van der Waals surface area contributed by atoms with Crippen LogP contribution in [0.1, 0.15) is 38.2 Å². The number of likely N-dealkylation sites (tertiary alicyclic amines) is 1. The second-order valence-corrected chi connectivity index (χ2v) is 5.90. The molecular weight excluding hydrogens is 239 g/mol. The molecule has 0 aromatic heterocycles. The maximum Gasteiger partial charge on any atom is 0.123 e. The van der Waals surface area contributed by atoms with Crippen LogP contribution in [0.5, 0.6) is 0 Å². The first-order valence-electron chi connectivity index (χ1n) is 7.36. The molecule has 2 N–H and O–H groups in total. The van der Waals surface area contributed by atoms with E-state index in [4.69, 9.17) is 5.73 Å². The maximum absolute atomic E-state index is 12.8. The van der Waals surface area contributed by atoms with Gasteiger partial charge in [0.05, 0.1) is 0 Å². The zero-order valence-corrected chi connectivity index (χ0v) is 11.8. The normalized spacial score (nSPS) is 19.5. The van der Waals surface area contributed by atoms with Crippen molar-refractivity contribution in [2.24, 2.45) is 11.7 Å². The molecule has 1 aliphatic heterocycles. The highest BCUT2D eigenvalue weighted by atomic mass is 19.1. The average molecular weight is 264 g/mol. The minimum atomic E-state index is -0.154. The van der Waals surface area contributed by atoms with Crippen LogP contribution in [0.4, 0.5) is 4.39 Å². The maximum atomic E-state index is 12.8. The van der Waals surface area contributed by atoms with Gasteiger partial charge in [0.1, 0.15) is 5.82 Å². The molecule has 106 valence electrons. The molecule has 1 fully saturated rings. The van der Waals surface area contributed by atoms with Crippen LogP contribution in [0.3, 0.4) is 0 Å². The molecule has 1 aromatic carbocycles. The van der Waals surface area contributed by atoms with Crippen molar-refractivity contribution in [3.63, 3.8) is 0 Å². The second-order valence-electron chi connectivity index (χ2n) is 5.90. The van der Waals surface area contributed by atoms with Crippen molar-refractivity contribution in [3.05, 3.63) is 35.6 Å². The number of nitrogens with zero attached hydrogens (tertiary/aromatic N) is 1. The van der Waals surface area contributed by atoms with Crippen molar-refractivity contribution in [2.45, 2.75) is 45.2 Å². The minimum Gasteiger partial charge on any atom is -0.328 e. The van der Waals surface area contributed by atoms with Gasteiger partial charge in [-0.3, -0.25) is 4.90 Å². The lowest BCUT2D eigenvalue weighted by Crippen LogP contribution is -2.33. The molecule has 0 aliphatic carbocycles. The molecule has 1 aliphatic rings. The fraction of sp³-hybridized carbons (Fsp3) is 0.625. The smallest absolute Gasteiger partial charge is 0.123 e. The summed E-state index contributed by atoms with van der Waals surface area (Å²) in [7, 11) is 0. The summed E-state index contributed by atoms with van der Waals surface area (Å²) < 4.78 is 12.8. The Labute approximate surface area is 115 Å². The summed E-state index contributed by atoms with van der Waals surface area (Å²) in [5.74, 6) is 0.689. The molecule has 1 unspecified atom stereocenters. The van der Waals surface area contributed by atoms with Gasteiger partial charge in [-0.2, -0.15) is 0 Å². The number of halogens is 1. The molecule has 0 radical (unpaired) electrons.